The number of nitrogens with zero attached hydrogens (tertiary/aromatic N) is 1. The Balaban J connectivity index is 2.30. The molecule has 0 N–H and O–H groups in total. The van der Waals surface area contributed by atoms with Crippen LogP contribution in [0.3, 0.4) is 0 Å². The second kappa shape index (κ2) is 5.62. The van der Waals surface area contributed by atoms with Crippen LogP contribution in [-0.2, 0) is 0 Å². The van der Waals surface area contributed by atoms with E-state index in [1.807, 2.05) is 4.90 Å². The van der Waals surface area contributed by atoms with Crippen LogP contribution >= 0.6 is 27.5 Å². The minimum Gasteiger partial charge on any atom is -0.333 e. The first-order chi connectivity index (χ1) is 8.54. The van der Waals surface area contributed by atoms with Gasteiger partial charge in [0.1, 0.15) is 0 Å². The van der Waals surface area contributed by atoms with E-state index in [1.54, 1.807) is 18.2 Å². The first-order valence-electron chi connectivity index (χ1n) is 6.32. The van der Waals surface area contributed by atoms with Crippen molar-refractivity contribution in [3.8, 4) is 0 Å². The second-order valence-electron chi connectivity index (χ2n) is 4.83. The highest BCUT2D eigenvalue weighted by molar-refractivity contribution is 9.10. The molecular weight excluding hydrogens is 314 g/mol. The molecule has 1 aliphatic heterocycles. The highest BCUT2D eigenvalue weighted by atomic mass is 79.9. The molecule has 0 aliphatic carbocycles. The standard InChI is InChI=1S/C14H17BrClNO/c1-3-11-6-4-9(2)17(11)14(18)12-7-5-10(16)8-13(12)15/h5,7-9,11H,3-4,6H2,1-2H3. The fourth-order valence-electron chi connectivity index (χ4n) is 2.64. The molecule has 1 saturated heterocycles. The van der Waals surface area contributed by atoms with Crippen molar-refractivity contribution < 1.29 is 4.79 Å². The molecule has 0 radical (unpaired) electrons. The minimum absolute atomic E-state index is 0.107. The van der Waals surface area contributed by atoms with Crippen LogP contribution < -0.4 is 0 Å². The van der Waals surface area contributed by atoms with Crippen molar-refractivity contribution in [2.45, 2.75) is 45.2 Å². The van der Waals surface area contributed by atoms with E-state index in [4.69, 9.17) is 11.6 Å². The lowest BCUT2D eigenvalue weighted by Gasteiger charge is -2.28. The van der Waals surface area contributed by atoms with Crippen LogP contribution in [0.5, 0.6) is 0 Å². The molecule has 2 nitrogen and oxygen atoms in total. The van der Waals surface area contributed by atoms with Gasteiger partial charge in [-0.3, -0.25) is 4.79 Å². The van der Waals surface area contributed by atoms with Crippen molar-refractivity contribution in [3.63, 3.8) is 0 Å². The van der Waals surface area contributed by atoms with E-state index < -0.39 is 0 Å². The molecule has 1 aromatic carbocycles. The molecule has 98 valence electrons. The molecule has 1 amide bonds. The smallest absolute Gasteiger partial charge is 0.255 e. The molecule has 0 aromatic heterocycles. The Morgan fingerprint density at radius 2 is 2.22 bits per heavy atom. The number of hydrogen-bond acceptors (Lipinski definition) is 1. The maximum absolute atomic E-state index is 12.6. The normalized spacial score (nSPS) is 23.4. The fraction of sp³-hybridized carbons (Fsp3) is 0.500. The van der Waals surface area contributed by atoms with Crippen molar-refractivity contribution in [3.05, 3.63) is 33.3 Å². The highest BCUT2D eigenvalue weighted by Crippen LogP contribution is 2.30. The maximum atomic E-state index is 12.6. The van der Waals surface area contributed by atoms with Gasteiger partial charge in [-0.2, -0.15) is 0 Å². The number of likely N-dealkylation sites (tertiary alicyclic amines) is 1. The van der Waals surface area contributed by atoms with E-state index >= 15 is 0 Å². The van der Waals surface area contributed by atoms with E-state index in [9.17, 15) is 4.79 Å². The largest absolute Gasteiger partial charge is 0.333 e. The van der Waals surface area contributed by atoms with Gasteiger partial charge in [0.15, 0.2) is 0 Å². The number of carbonyl (C=O) groups excluding carboxylic acids is 1. The predicted octanol–water partition coefficient (Wildman–Crippen LogP) is 4.51. The summed E-state index contributed by atoms with van der Waals surface area (Å²) in [5, 5.41) is 0.639. The number of halogens is 2. The zero-order chi connectivity index (χ0) is 13.3. The topological polar surface area (TPSA) is 20.3 Å². The molecule has 4 heteroatoms. The summed E-state index contributed by atoms with van der Waals surface area (Å²) < 4.78 is 0.772. The van der Waals surface area contributed by atoms with Crippen molar-refractivity contribution in [1.29, 1.82) is 0 Å². The Kier molecular flexibility index (Phi) is 4.33. The van der Waals surface area contributed by atoms with E-state index in [0.29, 0.717) is 22.7 Å². The Morgan fingerprint density at radius 1 is 1.50 bits per heavy atom. The van der Waals surface area contributed by atoms with Crippen molar-refractivity contribution in [2.75, 3.05) is 0 Å². The van der Waals surface area contributed by atoms with Crippen LogP contribution in [0.4, 0.5) is 0 Å². The molecule has 2 unspecified atom stereocenters. The lowest BCUT2D eigenvalue weighted by molar-refractivity contribution is 0.0675. The Hall–Kier alpha value is -0.540. The summed E-state index contributed by atoms with van der Waals surface area (Å²) >= 11 is 9.34. The minimum atomic E-state index is 0.107. The molecule has 1 fully saturated rings. The third-order valence-electron chi connectivity index (χ3n) is 3.65. The average Bonchev–Trinajstić information content (AvgIpc) is 2.69. The third-order valence-corrected chi connectivity index (χ3v) is 4.54. The lowest BCUT2D eigenvalue weighted by Crippen LogP contribution is -2.39. The summed E-state index contributed by atoms with van der Waals surface area (Å²) in [5.74, 6) is 0.107. The zero-order valence-corrected chi connectivity index (χ0v) is 13.0. The van der Waals surface area contributed by atoms with E-state index in [2.05, 4.69) is 29.8 Å². The zero-order valence-electron chi connectivity index (χ0n) is 10.6. The van der Waals surface area contributed by atoms with Gasteiger partial charge in [0, 0.05) is 21.6 Å². The Bertz CT molecular complexity index is 463. The number of amides is 1. The summed E-state index contributed by atoms with van der Waals surface area (Å²) in [6.07, 6.45) is 3.21. The number of rotatable bonds is 2. The lowest BCUT2D eigenvalue weighted by atomic mass is 10.1. The van der Waals surface area contributed by atoms with Gasteiger partial charge in [-0.05, 0) is 60.3 Å². The van der Waals surface area contributed by atoms with Gasteiger partial charge in [-0.1, -0.05) is 18.5 Å². The van der Waals surface area contributed by atoms with E-state index in [1.165, 1.54) is 0 Å². The summed E-state index contributed by atoms with van der Waals surface area (Å²) in [5.41, 5.74) is 0.701. The summed E-state index contributed by atoms with van der Waals surface area (Å²) in [6, 6.07) is 6.03. The summed E-state index contributed by atoms with van der Waals surface area (Å²) in [4.78, 5) is 14.6. The monoisotopic (exact) mass is 329 g/mol. The van der Waals surface area contributed by atoms with Crippen LogP contribution in [0, 0.1) is 0 Å². The van der Waals surface area contributed by atoms with Crippen molar-refractivity contribution >= 4 is 33.4 Å². The van der Waals surface area contributed by atoms with Gasteiger partial charge in [0.05, 0.1) is 5.56 Å². The van der Waals surface area contributed by atoms with Gasteiger partial charge >= 0.3 is 0 Å². The fourth-order valence-corrected chi connectivity index (χ4v) is 3.49. The molecule has 2 rings (SSSR count). The second-order valence-corrected chi connectivity index (χ2v) is 6.12. The van der Waals surface area contributed by atoms with Gasteiger partial charge in [-0.15, -0.1) is 0 Å². The summed E-state index contributed by atoms with van der Waals surface area (Å²) in [7, 11) is 0. The van der Waals surface area contributed by atoms with Crippen LogP contribution in [0.2, 0.25) is 5.02 Å². The van der Waals surface area contributed by atoms with E-state index in [-0.39, 0.29) is 5.91 Å². The maximum Gasteiger partial charge on any atom is 0.255 e. The number of hydrogen-bond donors (Lipinski definition) is 0. The van der Waals surface area contributed by atoms with Gasteiger partial charge in [0.2, 0.25) is 0 Å². The van der Waals surface area contributed by atoms with Crippen LogP contribution in [0.25, 0.3) is 0 Å². The number of carbonyl (C=O) groups is 1. The van der Waals surface area contributed by atoms with Gasteiger partial charge in [0.25, 0.3) is 5.91 Å². The quantitative estimate of drug-likeness (QED) is 0.781. The van der Waals surface area contributed by atoms with Crippen LogP contribution in [0.1, 0.15) is 43.5 Å². The molecule has 1 aliphatic rings. The number of benzene rings is 1. The molecular formula is C14H17BrClNO. The first-order valence-corrected chi connectivity index (χ1v) is 7.49. The predicted molar refractivity (Wildman–Crippen MR) is 78.1 cm³/mol. The Labute approximate surface area is 121 Å². The van der Waals surface area contributed by atoms with Gasteiger partial charge in [-0.25, -0.2) is 0 Å². The molecule has 2 atom stereocenters. The average molecular weight is 331 g/mol. The van der Waals surface area contributed by atoms with Crippen LogP contribution in [-0.4, -0.2) is 22.9 Å². The Morgan fingerprint density at radius 3 is 2.83 bits per heavy atom. The molecule has 0 bridgehead atoms. The summed E-state index contributed by atoms with van der Waals surface area (Å²) in [6.45, 7) is 4.26. The molecule has 0 spiro atoms. The van der Waals surface area contributed by atoms with Crippen molar-refractivity contribution in [2.24, 2.45) is 0 Å². The molecule has 0 saturated carbocycles. The molecule has 18 heavy (non-hydrogen) atoms. The van der Waals surface area contributed by atoms with Crippen LogP contribution in [0.15, 0.2) is 22.7 Å². The molecule has 1 aromatic rings. The van der Waals surface area contributed by atoms with Gasteiger partial charge < -0.3 is 4.90 Å². The molecule has 1 heterocycles. The van der Waals surface area contributed by atoms with Crippen molar-refractivity contribution in [1.82, 2.24) is 4.90 Å². The third kappa shape index (κ3) is 2.57. The highest BCUT2D eigenvalue weighted by Gasteiger charge is 2.34. The first kappa shape index (κ1) is 13.9. The van der Waals surface area contributed by atoms with E-state index in [0.717, 1.165) is 23.7 Å². The SMILES string of the molecule is CCC1CCC(C)N1C(=O)c1ccc(Cl)cc1Br.